The summed E-state index contributed by atoms with van der Waals surface area (Å²) < 4.78 is 0. The molecular formula is C13H19NS. The Morgan fingerprint density at radius 2 is 1.87 bits per heavy atom. The van der Waals surface area contributed by atoms with Crippen molar-refractivity contribution in [1.82, 2.24) is 0 Å². The smallest absolute Gasteiger partial charge is 0.0369 e. The summed E-state index contributed by atoms with van der Waals surface area (Å²) in [5.74, 6) is 0.811. The largest absolute Gasteiger partial charge is 0.368 e. The molecule has 0 unspecified atom stereocenters. The van der Waals surface area contributed by atoms with E-state index in [-0.39, 0.29) is 0 Å². The first-order valence-corrected chi connectivity index (χ1v) is 5.98. The number of nitrogens with zero attached hydrogens (tertiary/aromatic N) is 1. The first kappa shape index (κ1) is 12.2. The molecule has 0 aromatic heterocycles. The second kappa shape index (κ2) is 6.57. The van der Waals surface area contributed by atoms with Crippen molar-refractivity contribution >= 4 is 18.3 Å². The molecule has 1 aromatic rings. The highest BCUT2D eigenvalue weighted by molar-refractivity contribution is 7.80. The molecule has 0 saturated heterocycles. The molecule has 0 bridgehead atoms. The highest BCUT2D eigenvalue weighted by atomic mass is 32.1. The van der Waals surface area contributed by atoms with Crippen LogP contribution < -0.4 is 4.90 Å². The lowest BCUT2D eigenvalue weighted by molar-refractivity contribution is 0.905. The quantitative estimate of drug-likeness (QED) is 0.590. The summed E-state index contributed by atoms with van der Waals surface area (Å²) in [7, 11) is 0. The number of thiol groups is 1. The maximum atomic E-state index is 4.15. The van der Waals surface area contributed by atoms with Gasteiger partial charge in [0.25, 0.3) is 0 Å². The maximum absolute atomic E-state index is 4.15. The second-order valence-electron chi connectivity index (χ2n) is 3.53. The molecule has 1 nitrogen and oxygen atoms in total. The Labute approximate surface area is 98.2 Å². The Balaban J connectivity index is 2.65. The van der Waals surface area contributed by atoms with Gasteiger partial charge in [0.1, 0.15) is 0 Å². The van der Waals surface area contributed by atoms with Crippen molar-refractivity contribution < 1.29 is 0 Å². The van der Waals surface area contributed by atoms with Crippen molar-refractivity contribution in [3.63, 3.8) is 0 Å². The van der Waals surface area contributed by atoms with E-state index in [0.29, 0.717) is 0 Å². The lowest BCUT2D eigenvalue weighted by Gasteiger charge is -2.21. The molecule has 0 aliphatic carbocycles. The Bertz CT molecular complexity index is 303. The zero-order valence-electron chi connectivity index (χ0n) is 9.48. The SMILES string of the molecule is CCN(CC=CCS)c1ccc(C)cc1. The predicted octanol–water partition coefficient (Wildman–Crippen LogP) is 3.31. The zero-order chi connectivity index (χ0) is 11.1. The first-order valence-electron chi connectivity index (χ1n) is 5.35. The van der Waals surface area contributed by atoms with E-state index in [2.05, 4.69) is 67.8 Å². The van der Waals surface area contributed by atoms with Crippen LogP contribution in [0.15, 0.2) is 36.4 Å². The fourth-order valence-corrected chi connectivity index (χ4v) is 1.60. The fraction of sp³-hybridized carbons (Fsp3) is 0.385. The summed E-state index contributed by atoms with van der Waals surface area (Å²) in [6.07, 6.45) is 4.25. The summed E-state index contributed by atoms with van der Waals surface area (Å²) in [6, 6.07) is 8.65. The van der Waals surface area contributed by atoms with Crippen LogP contribution >= 0.6 is 12.6 Å². The van der Waals surface area contributed by atoms with E-state index < -0.39 is 0 Å². The second-order valence-corrected chi connectivity index (χ2v) is 3.89. The van der Waals surface area contributed by atoms with Crippen molar-refractivity contribution in [2.45, 2.75) is 13.8 Å². The van der Waals surface area contributed by atoms with Crippen LogP contribution in [-0.2, 0) is 0 Å². The minimum Gasteiger partial charge on any atom is -0.368 e. The highest BCUT2D eigenvalue weighted by Gasteiger charge is 2.00. The van der Waals surface area contributed by atoms with Crippen molar-refractivity contribution in [3.05, 3.63) is 42.0 Å². The number of aryl methyl sites for hydroxylation is 1. The van der Waals surface area contributed by atoms with Crippen molar-refractivity contribution in [3.8, 4) is 0 Å². The summed E-state index contributed by atoms with van der Waals surface area (Å²) in [6.45, 7) is 6.27. The summed E-state index contributed by atoms with van der Waals surface area (Å²) in [5, 5.41) is 0. The Morgan fingerprint density at radius 3 is 2.40 bits per heavy atom. The van der Waals surface area contributed by atoms with E-state index >= 15 is 0 Å². The number of anilines is 1. The fourth-order valence-electron chi connectivity index (χ4n) is 1.45. The van der Waals surface area contributed by atoms with Gasteiger partial charge in [-0.05, 0) is 26.0 Å². The average Bonchev–Trinajstić information content (AvgIpc) is 2.26. The van der Waals surface area contributed by atoms with Crippen molar-refractivity contribution in [2.75, 3.05) is 23.7 Å². The Hall–Kier alpha value is -0.890. The van der Waals surface area contributed by atoms with E-state index in [9.17, 15) is 0 Å². The van der Waals surface area contributed by atoms with Crippen LogP contribution in [0.1, 0.15) is 12.5 Å². The van der Waals surface area contributed by atoms with Gasteiger partial charge < -0.3 is 4.90 Å². The van der Waals surface area contributed by atoms with E-state index in [4.69, 9.17) is 0 Å². The normalized spacial score (nSPS) is 10.9. The van der Waals surface area contributed by atoms with E-state index in [1.54, 1.807) is 0 Å². The number of rotatable bonds is 5. The van der Waals surface area contributed by atoms with Crippen LogP contribution in [0.4, 0.5) is 5.69 Å². The molecule has 0 aliphatic rings. The predicted molar refractivity (Wildman–Crippen MR) is 72.1 cm³/mol. The monoisotopic (exact) mass is 221 g/mol. The van der Waals surface area contributed by atoms with Crippen LogP contribution in [0.3, 0.4) is 0 Å². The van der Waals surface area contributed by atoms with Crippen LogP contribution in [0.25, 0.3) is 0 Å². The van der Waals surface area contributed by atoms with Gasteiger partial charge in [0.15, 0.2) is 0 Å². The number of hydrogen-bond acceptors (Lipinski definition) is 2. The molecular weight excluding hydrogens is 202 g/mol. The summed E-state index contributed by atoms with van der Waals surface area (Å²) in [5.41, 5.74) is 2.59. The lowest BCUT2D eigenvalue weighted by Crippen LogP contribution is -2.22. The molecule has 0 heterocycles. The van der Waals surface area contributed by atoms with Gasteiger partial charge in [0.2, 0.25) is 0 Å². The van der Waals surface area contributed by atoms with Gasteiger partial charge >= 0.3 is 0 Å². The molecule has 0 spiro atoms. The number of likely N-dealkylation sites (N-methyl/N-ethyl adjacent to an activating group) is 1. The van der Waals surface area contributed by atoms with Gasteiger partial charge in [-0.3, -0.25) is 0 Å². The first-order chi connectivity index (χ1) is 7.27. The van der Waals surface area contributed by atoms with Crippen molar-refractivity contribution in [1.29, 1.82) is 0 Å². The van der Waals surface area contributed by atoms with E-state index in [1.807, 2.05) is 0 Å². The topological polar surface area (TPSA) is 3.24 Å². The molecule has 0 saturated carbocycles. The van der Waals surface area contributed by atoms with Gasteiger partial charge in [-0.15, -0.1) is 0 Å². The molecule has 82 valence electrons. The standard InChI is InChI=1S/C13H19NS/c1-3-14(10-4-5-11-15)13-8-6-12(2)7-9-13/h4-9,15H,3,10-11H2,1-2H3. The molecule has 0 amide bonds. The molecule has 1 aromatic carbocycles. The van der Waals surface area contributed by atoms with Gasteiger partial charge in [-0.25, -0.2) is 0 Å². The molecule has 15 heavy (non-hydrogen) atoms. The molecule has 0 atom stereocenters. The van der Waals surface area contributed by atoms with Crippen LogP contribution in [0, 0.1) is 6.92 Å². The molecule has 1 rings (SSSR count). The maximum Gasteiger partial charge on any atom is 0.0369 e. The third-order valence-corrected chi connectivity index (χ3v) is 2.59. The summed E-state index contributed by atoms with van der Waals surface area (Å²) >= 11 is 4.15. The van der Waals surface area contributed by atoms with Gasteiger partial charge in [-0.1, -0.05) is 29.8 Å². The minimum atomic E-state index is 0.811. The molecule has 0 aliphatic heterocycles. The van der Waals surface area contributed by atoms with Crippen molar-refractivity contribution in [2.24, 2.45) is 0 Å². The Kier molecular flexibility index (Phi) is 5.33. The van der Waals surface area contributed by atoms with Gasteiger partial charge in [0.05, 0.1) is 0 Å². The molecule has 0 radical (unpaired) electrons. The number of benzene rings is 1. The van der Waals surface area contributed by atoms with E-state index in [1.165, 1.54) is 11.3 Å². The molecule has 0 N–H and O–H groups in total. The third kappa shape index (κ3) is 4.00. The van der Waals surface area contributed by atoms with Gasteiger partial charge in [0, 0.05) is 24.5 Å². The summed E-state index contributed by atoms with van der Waals surface area (Å²) in [4.78, 5) is 2.33. The average molecular weight is 221 g/mol. The lowest BCUT2D eigenvalue weighted by atomic mass is 10.2. The molecule has 0 fully saturated rings. The van der Waals surface area contributed by atoms with Crippen LogP contribution in [0.5, 0.6) is 0 Å². The molecule has 2 heteroatoms. The highest BCUT2D eigenvalue weighted by Crippen LogP contribution is 2.14. The minimum absolute atomic E-state index is 0.811. The Morgan fingerprint density at radius 1 is 1.20 bits per heavy atom. The van der Waals surface area contributed by atoms with E-state index in [0.717, 1.165) is 18.8 Å². The van der Waals surface area contributed by atoms with Crippen LogP contribution in [0.2, 0.25) is 0 Å². The van der Waals surface area contributed by atoms with Gasteiger partial charge in [-0.2, -0.15) is 12.6 Å². The van der Waals surface area contributed by atoms with Crippen LogP contribution in [-0.4, -0.2) is 18.8 Å². The zero-order valence-corrected chi connectivity index (χ0v) is 10.4. The number of hydrogen-bond donors (Lipinski definition) is 1. The third-order valence-electron chi connectivity index (χ3n) is 2.38.